The molecule has 5 atom stereocenters. The van der Waals surface area contributed by atoms with Crippen LogP contribution in [0.5, 0.6) is 0 Å². The highest BCUT2D eigenvalue weighted by molar-refractivity contribution is 4.70. The molecule has 0 aliphatic rings. The van der Waals surface area contributed by atoms with Crippen LogP contribution in [-0.2, 0) is 0 Å². The number of rotatable bonds is 23. The number of hydrogen-bond donors (Lipinski definition) is 7. The van der Waals surface area contributed by atoms with Crippen LogP contribution >= 0.6 is 0 Å². The number of unbranched alkanes of at least 4 members (excludes halogenated alkanes) is 6. The van der Waals surface area contributed by atoms with E-state index in [0.717, 1.165) is 65.3 Å². The zero-order chi connectivity index (χ0) is 27.8. The van der Waals surface area contributed by atoms with Gasteiger partial charge in [-0.15, -0.1) is 0 Å². The molecule has 13 N–H and O–H groups in total. The summed E-state index contributed by atoms with van der Waals surface area (Å²) in [7, 11) is 0. The first kappa shape index (κ1) is 37.8. The Hall–Kier alpha value is -0.360. The van der Waals surface area contributed by atoms with Crippen molar-refractivity contribution in [3.05, 3.63) is 0 Å². The number of nitrogens with two attached hydrogens (primary N) is 6. The Morgan fingerprint density at radius 3 is 1.19 bits per heavy atom. The van der Waals surface area contributed by atoms with Crippen molar-refractivity contribution in [3.63, 3.8) is 0 Å². The molecule has 0 aliphatic heterocycles. The van der Waals surface area contributed by atoms with E-state index < -0.39 is 0 Å². The summed E-state index contributed by atoms with van der Waals surface area (Å²) in [5.74, 6) is 0. The van der Waals surface area contributed by atoms with E-state index in [1.807, 2.05) is 20.8 Å². The third-order valence-corrected chi connectivity index (χ3v) is 5.66. The van der Waals surface area contributed by atoms with Gasteiger partial charge in [0.25, 0.3) is 0 Å². The van der Waals surface area contributed by atoms with Crippen LogP contribution in [0.25, 0.3) is 0 Å². The zero-order valence-corrected chi connectivity index (χ0v) is 24.8. The molecule has 9 heteroatoms. The Bertz CT molecular complexity index is 411. The molecule has 0 spiro atoms. The van der Waals surface area contributed by atoms with Crippen molar-refractivity contribution in [1.82, 2.24) is 15.1 Å². The quantitative estimate of drug-likeness (QED) is 0.0974. The van der Waals surface area contributed by atoms with Gasteiger partial charge >= 0.3 is 0 Å². The predicted molar refractivity (Wildman–Crippen MR) is 160 cm³/mol. The van der Waals surface area contributed by atoms with E-state index in [1.54, 1.807) is 0 Å². The zero-order valence-electron chi connectivity index (χ0n) is 24.8. The molecule has 0 aromatic carbocycles. The van der Waals surface area contributed by atoms with E-state index in [1.165, 1.54) is 44.9 Å². The summed E-state index contributed by atoms with van der Waals surface area (Å²) >= 11 is 0. The smallest absolute Gasteiger partial charge is 0.0139 e. The molecule has 5 unspecified atom stereocenters. The van der Waals surface area contributed by atoms with Gasteiger partial charge in [-0.1, -0.05) is 25.7 Å². The first-order valence-corrected chi connectivity index (χ1v) is 14.6. The summed E-state index contributed by atoms with van der Waals surface area (Å²) in [6, 6.07) is 1.14. The van der Waals surface area contributed by atoms with Gasteiger partial charge in [-0.05, 0) is 86.5 Å². The minimum atomic E-state index is 0.219. The van der Waals surface area contributed by atoms with Gasteiger partial charge in [0.2, 0.25) is 0 Å². The van der Waals surface area contributed by atoms with E-state index in [4.69, 9.17) is 34.4 Å². The second kappa shape index (κ2) is 26.3. The lowest BCUT2D eigenvalue weighted by atomic mass is 10.1. The number of hydrogen-bond acceptors (Lipinski definition) is 9. The van der Waals surface area contributed by atoms with Gasteiger partial charge in [-0.2, -0.15) is 0 Å². The second-order valence-electron chi connectivity index (χ2n) is 11.2. The molecule has 0 radical (unpaired) electrons. The highest BCUT2D eigenvalue weighted by atomic mass is 15.1. The molecule has 0 heterocycles. The van der Waals surface area contributed by atoms with Crippen molar-refractivity contribution in [3.8, 4) is 0 Å². The lowest BCUT2D eigenvalue weighted by Crippen LogP contribution is -2.42. The molecule has 9 nitrogen and oxygen atoms in total. The maximum atomic E-state index is 5.88. The van der Waals surface area contributed by atoms with Gasteiger partial charge in [0.05, 0.1) is 0 Å². The topological polar surface area (TPSA) is 175 Å². The summed E-state index contributed by atoms with van der Waals surface area (Å²) in [4.78, 5) is 4.77. The van der Waals surface area contributed by atoms with Crippen molar-refractivity contribution in [2.45, 2.75) is 116 Å². The Balaban J connectivity index is 0. The monoisotopic (exact) mass is 518 g/mol. The van der Waals surface area contributed by atoms with Gasteiger partial charge in [-0.3, -0.25) is 0 Å². The van der Waals surface area contributed by atoms with Crippen molar-refractivity contribution in [2.24, 2.45) is 34.4 Å². The molecule has 0 aromatic rings. The first-order valence-electron chi connectivity index (χ1n) is 14.6. The minimum Gasteiger partial charge on any atom is -0.330 e. The van der Waals surface area contributed by atoms with E-state index in [9.17, 15) is 0 Å². The fourth-order valence-corrected chi connectivity index (χ4v) is 4.25. The molecule has 36 heavy (non-hydrogen) atoms. The molecule has 0 saturated heterocycles. The van der Waals surface area contributed by atoms with E-state index in [0.29, 0.717) is 0 Å². The van der Waals surface area contributed by atoms with Crippen LogP contribution in [0, 0.1) is 0 Å². The van der Waals surface area contributed by atoms with Crippen molar-refractivity contribution >= 4 is 0 Å². The Morgan fingerprint density at radius 2 is 0.861 bits per heavy atom. The van der Waals surface area contributed by atoms with Crippen molar-refractivity contribution in [2.75, 3.05) is 58.9 Å². The summed E-state index contributed by atoms with van der Waals surface area (Å²) < 4.78 is 0. The van der Waals surface area contributed by atoms with Crippen molar-refractivity contribution in [1.29, 1.82) is 0 Å². The van der Waals surface area contributed by atoms with Gasteiger partial charge in [0.1, 0.15) is 0 Å². The predicted octanol–water partition coefficient (Wildman–Crippen LogP) is 0.982. The molecular weight excluding hydrogens is 450 g/mol. The van der Waals surface area contributed by atoms with Crippen LogP contribution in [0.2, 0.25) is 0 Å². The standard InChI is InChI=1S/C15H37N5.C12H30N4/c1-13(16)10-19-8-6-4-5-7-9-20(11-14(2)17)12-15(3)18;1-11(14)9-16(10-12(2)15)8-6-4-3-5-7-13/h13-15,19H,4-12,16-18H2,1-3H3;11-12H,3-10,13-15H2,1-2H3. The van der Waals surface area contributed by atoms with Crippen LogP contribution in [0.3, 0.4) is 0 Å². The average Bonchev–Trinajstić information content (AvgIpc) is 2.73. The third-order valence-electron chi connectivity index (χ3n) is 5.66. The summed E-state index contributed by atoms with van der Waals surface area (Å²) in [6.07, 6.45) is 9.86. The number of nitrogens with zero attached hydrogens (tertiary/aromatic N) is 2. The molecule has 0 bridgehead atoms. The van der Waals surface area contributed by atoms with E-state index >= 15 is 0 Å². The van der Waals surface area contributed by atoms with Gasteiger partial charge < -0.3 is 49.5 Å². The Labute approximate surface area is 224 Å². The highest BCUT2D eigenvalue weighted by Crippen LogP contribution is 2.04. The molecule has 220 valence electrons. The van der Waals surface area contributed by atoms with Crippen LogP contribution in [0.1, 0.15) is 86.0 Å². The maximum Gasteiger partial charge on any atom is 0.0139 e. The Morgan fingerprint density at radius 1 is 0.500 bits per heavy atom. The molecule has 0 saturated carbocycles. The average molecular weight is 518 g/mol. The lowest BCUT2D eigenvalue weighted by Gasteiger charge is -2.25. The fourth-order valence-electron chi connectivity index (χ4n) is 4.25. The molecule has 0 aromatic heterocycles. The summed E-state index contributed by atoms with van der Waals surface area (Å²) in [6.45, 7) is 19.0. The van der Waals surface area contributed by atoms with Gasteiger partial charge in [0.15, 0.2) is 0 Å². The van der Waals surface area contributed by atoms with E-state index in [2.05, 4.69) is 29.0 Å². The maximum absolute atomic E-state index is 5.88. The molecule has 0 rings (SSSR count). The third kappa shape index (κ3) is 31.7. The van der Waals surface area contributed by atoms with Gasteiger partial charge in [-0.25, -0.2) is 0 Å². The molecule has 0 fully saturated rings. The largest absolute Gasteiger partial charge is 0.330 e. The molecule has 0 amide bonds. The second-order valence-corrected chi connectivity index (χ2v) is 11.2. The van der Waals surface area contributed by atoms with Crippen LogP contribution < -0.4 is 39.7 Å². The summed E-state index contributed by atoms with van der Waals surface area (Å²) in [5.41, 5.74) is 34.5. The van der Waals surface area contributed by atoms with Crippen LogP contribution in [0.15, 0.2) is 0 Å². The normalized spacial score (nSPS) is 15.9. The van der Waals surface area contributed by atoms with Crippen LogP contribution in [0.4, 0.5) is 0 Å². The minimum absolute atomic E-state index is 0.219. The van der Waals surface area contributed by atoms with Crippen molar-refractivity contribution < 1.29 is 0 Å². The summed E-state index contributed by atoms with van der Waals surface area (Å²) in [5, 5.41) is 3.37. The Kier molecular flexibility index (Phi) is 27.6. The number of nitrogens with one attached hydrogen (secondary N) is 1. The molecule has 0 aliphatic carbocycles. The van der Waals surface area contributed by atoms with Gasteiger partial charge in [0, 0.05) is 62.9 Å². The first-order chi connectivity index (χ1) is 17.0. The highest BCUT2D eigenvalue weighted by Gasteiger charge is 2.10. The van der Waals surface area contributed by atoms with Crippen LogP contribution in [-0.4, -0.2) is 98.9 Å². The lowest BCUT2D eigenvalue weighted by molar-refractivity contribution is 0.244. The van der Waals surface area contributed by atoms with E-state index in [-0.39, 0.29) is 30.2 Å². The fraction of sp³-hybridized carbons (Fsp3) is 1.00. The SMILES string of the molecule is CC(N)CN(CCCCCCN)CC(C)N.CC(N)CNCCCCCCN(CC(C)N)CC(C)N. The molecular formula is C27H67N9.